The van der Waals surface area contributed by atoms with Crippen molar-refractivity contribution < 1.29 is 9.84 Å². The molecule has 0 spiro atoms. The molecule has 1 rings (SSSR count). The van der Waals surface area contributed by atoms with Crippen LogP contribution in [0.15, 0.2) is 0 Å². The highest BCUT2D eigenvalue weighted by Crippen LogP contribution is 2.14. The van der Waals surface area contributed by atoms with Crippen LogP contribution < -0.4 is 5.32 Å². The fourth-order valence-electron chi connectivity index (χ4n) is 2.23. The van der Waals surface area contributed by atoms with Crippen LogP contribution in [0, 0.1) is 5.92 Å². The van der Waals surface area contributed by atoms with E-state index >= 15 is 0 Å². The maximum Gasteiger partial charge on any atom is 0.0897 e. The van der Waals surface area contributed by atoms with Gasteiger partial charge in [0.25, 0.3) is 0 Å². The van der Waals surface area contributed by atoms with Crippen molar-refractivity contribution in [2.75, 3.05) is 39.3 Å². The van der Waals surface area contributed by atoms with Crippen LogP contribution in [0.3, 0.4) is 0 Å². The van der Waals surface area contributed by atoms with Crippen LogP contribution in [0.4, 0.5) is 0 Å². The summed E-state index contributed by atoms with van der Waals surface area (Å²) in [6.07, 6.45) is 0.864. The van der Waals surface area contributed by atoms with Gasteiger partial charge in [-0.3, -0.25) is 0 Å². The lowest BCUT2D eigenvalue weighted by Crippen LogP contribution is -2.36. The van der Waals surface area contributed by atoms with Gasteiger partial charge in [-0.15, -0.1) is 0 Å². The normalized spacial score (nSPS) is 23.5. The van der Waals surface area contributed by atoms with Gasteiger partial charge in [0.05, 0.1) is 18.3 Å². The summed E-state index contributed by atoms with van der Waals surface area (Å²) in [7, 11) is 0. The van der Waals surface area contributed by atoms with Crippen molar-refractivity contribution >= 4 is 0 Å². The van der Waals surface area contributed by atoms with E-state index in [-0.39, 0.29) is 5.60 Å². The molecular weight excluding hydrogens is 228 g/mol. The topological polar surface area (TPSA) is 44.7 Å². The fraction of sp³-hybridized carbons (Fsp3) is 1.00. The Balaban J connectivity index is 2.04. The van der Waals surface area contributed by atoms with E-state index in [1.54, 1.807) is 0 Å². The highest BCUT2D eigenvalue weighted by molar-refractivity contribution is 4.76. The maximum atomic E-state index is 9.79. The van der Waals surface area contributed by atoms with Crippen LogP contribution >= 0.6 is 0 Å². The average Bonchev–Trinajstić information content (AvgIpc) is 2.73. The first kappa shape index (κ1) is 15.9. The van der Waals surface area contributed by atoms with E-state index < -0.39 is 6.10 Å². The van der Waals surface area contributed by atoms with E-state index in [2.05, 4.69) is 17.1 Å². The summed E-state index contributed by atoms with van der Waals surface area (Å²) in [6.45, 7) is 13.8. The minimum absolute atomic E-state index is 0.173. The Morgan fingerprint density at radius 3 is 2.72 bits per heavy atom. The highest BCUT2D eigenvalue weighted by Gasteiger charge is 2.21. The summed E-state index contributed by atoms with van der Waals surface area (Å²) >= 11 is 0. The molecule has 0 aromatic rings. The van der Waals surface area contributed by atoms with Gasteiger partial charge in [-0.25, -0.2) is 0 Å². The number of aliphatic hydroxyl groups is 1. The zero-order valence-electron chi connectivity index (χ0n) is 12.4. The predicted molar refractivity (Wildman–Crippen MR) is 74.8 cm³/mol. The smallest absolute Gasteiger partial charge is 0.0897 e. The van der Waals surface area contributed by atoms with Crippen molar-refractivity contribution in [3.63, 3.8) is 0 Å². The Labute approximate surface area is 112 Å². The van der Waals surface area contributed by atoms with E-state index in [0.29, 0.717) is 13.2 Å². The minimum Gasteiger partial charge on any atom is -0.389 e. The summed E-state index contributed by atoms with van der Waals surface area (Å²) < 4.78 is 5.55. The Bertz CT molecular complexity index is 228. The number of aliphatic hydroxyl groups excluding tert-OH is 1. The van der Waals surface area contributed by atoms with Crippen molar-refractivity contribution in [1.82, 2.24) is 10.2 Å². The summed E-state index contributed by atoms with van der Waals surface area (Å²) in [6, 6.07) is 0. The molecule has 0 bridgehead atoms. The third-order valence-electron chi connectivity index (χ3n) is 3.34. The Kier molecular flexibility index (Phi) is 6.57. The van der Waals surface area contributed by atoms with Gasteiger partial charge >= 0.3 is 0 Å². The molecule has 108 valence electrons. The van der Waals surface area contributed by atoms with Gasteiger partial charge in [-0.2, -0.15) is 0 Å². The lowest BCUT2D eigenvalue weighted by molar-refractivity contribution is -0.0479. The van der Waals surface area contributed by atoms with Crippen molar-refractivity contribution in [2.24, 2.45) is 5.92 Å². The third kappa shape index (κ3) is 6.69. The molecule has 0 amide bonds. The van der Waals surface area contributed by atoms with Crippen LogP contribution in [0.5, 0.6) is 0 Å². The van der Waals surface area contributed by atoms with Gasteiger partial charge < -0.3 is 20.1 Å². The van der Waals surface area contributed by atoms with E-state index in [1.807, 2.05) is 20.8 Å². The lowest BCUT2D eigenvalue weighted by atomic mass is 10.1. The molecule has 0 saturated carbocycles. The SMILES string of the molecule is CCN1CCC(CNCC(O)COC(C)(C)C)C1. The standard InChI is InChI=1S/C14H30N2O2/c1-5-16-7-6-12(10-16)8-15-9-13(17)11-18-14(2,3)4/h12-13,15,17H,5-11H2,1-4H3. The molecule has 0 aliphatic carbocycles. The first-order chi connectivity index (χ1) is 8.40. The minimum atomic E-state index is -0.409. The first-order valence-electron chi connectivity index (χ1n) is 7.16. The molecule has 0 aromatic heterocycles. The molecule has 1 fully saturated rings. The molecule has 1 aliphatic heterocycles. The summed E-state index contributed by atoms with van der Waals surface area (Å²) in [5.41, 5.74) is -0.173. The molecular formula is C14H30N2O2. The zero-order chi connectivity index (χ0) is 13.6. The average molecular weight is 258 g/mol. The van der Waals surface area contributed by atoms with Crippen LogP contribution in [-0.2, 0) is 4.74 Å². The first-order valence-corrected chi connectivity index (χ1v) is 7.16. The van der Waals surface area contributed by atoms with Crippen molar-refractivity contribution in [3.8, 4) is 0 Å². The third-order valence-corrected chi connectivity index (χ3v) is 3.34. The molecule has 4 heteroatoms. The van der Waals surface area contributed by atoms with Crippen LogP contribution in [0.1, 0.15) is 34.1 Å². The Morgan fingerprint density at radius 2 is 2.17 bits per heavy atom. The molecule has 0 radical (unpaired) electrons. The van der Waals surface area contributed by atoms with Crippen molar-refractivity contribution in [3.05, 3.63) is 0 Å². The van der Waals surface area contributed by atoms with E-state index in [1.165, 1.54) is 19.5 Å². The van der Waals surface area contributed by atoms with Crippen LogP contribution in [0.2, 0.25) is 0 Å². The monoisotopic (exact) mass is 258 g/mol. The second kappa shape index (κ2) is 7.43. The number of hydrogen-bond donors (Lipinski definition) is 2. The van der Waals surface area contributed by atoms with Crippen molar-refractivity contribution in [1.29, 1.82) is 0 Å². The predicted octanol–water partition coefficient (Wildman–Crippen LogP) is 1.09. The summed E-state index contributed by atoms with van der Waals surface area (Å²) in [5, 5.41) is 13.1. The molecule has 2 unspecified atom stereocenters. The number of nitrogens with zero attached hydrogens (tertiary/aromatic N) is 1. The van der Waals surface area contributed by atoms with Crippen LogP contribution in [0.25, 0.3) is 0 Å². The fourth-order valence-corrected chi connectivity index (χ4v) is 2.23. The number of likely N-dealkylation sites (tertiary alicyclic amines) is 1. The molecule has 1 heterocycles. The molecule has 2 N–H and O–H groups in total. The van der Waals surface area contributed by atoms with Crippen LogP contribution in [-0.4, -0.2) is 61.0 Å². The van der Waals surface area contributed by atoms with E-state index in [4.69, 9.17) is 4.74 Å². The highest BCUT2D eigenvalue weighted by atomic mass is 16.5. The van der Waals surface area contributed by atoms with Gasteiger partial charge in [-0.05, 0) is 52.7 Å². The Hall–Kier alpha value is -0.160. The number of nitrogens with one attached hydrogen (secondary N) is 1. The van der Waals surface area contributed by atoms with E-state index in [9.17, 15) is 5.11 Å². The Morgan fingerprint density at radius 1 is 1.44 bits per heavy atom. The molecule has 4 nitrogen and oxygen atoms in total. The molecule has 18 heavy (non-hydrogen) atoms. The summed E-state index contributed by atoms with van der Waals surface area (Å²) in [5.74, 6) is 0.737. The number of rotatable bonds is 7. The second-order valence-corrected chi connectivity index (χ2v) is 6.28. The second-order valence-electron chi connectivity index (χ2n) is 6.28. The maximum absolute atomic E-state index is 9.79. The number of ether oxygens (including phenoxy) is 1. The van der Waals surface area contributed by atoms with Gasteiger partial charge in [0.1, 0.15) is 0 Å². The van der Waals surface area contributed by atoms with E-state index in [0.717, 1.165) is 19.0 Å². The molecule has 1 saturated heterocycles. The van der Waals surface area contributed by atoms with Gasteiger partial charge in [-0.1, -0.05) is 6.92 Å². The molecule has 0 aromatic carbocycles. The largest absolute Gasteiger partial charge is 0.389 e. The van der Waals surface area contributed by atoms with Gasteiger partial charge in [0.2, 0.25) is 0 Å². The van der Waals surface area contributed by atoms with Crippen molar-refractivity contribution in [2.45, 2.75) is 45.8 Å². The molecule has 1 aliphatic rings. The quantitative estimate of drug-likeness (QED) is 0.717. The summed E-state index contributed by atoms with van der Waals surface area (Å²) in [4.78, 5) is 2.48. The number of hydrogen-bond acceptors (Lipinski definition) is 4. The lowest BCUT2D eigenvalue weighted by Gasteiger charge is -2.22. The van der Waals surface area contributed by atoms with Gasteiger partial charge in [0, 0.05) is 13.1 Å². The van der Waals surface area contributed by atoms with Gasteiger partial charge in [0.15, 0.2) is 0 Å². The molecule has 2 atom stereocenters. The zero-order valence-corrected chi connectivity index (χ0v) is 12.4.